The highest BCUT2D eigenvalue weighted by molar-refractivity contribution is 5.91. The van der Waals surface area contributed by atoms with E-state index < -0.39 is 23.6 Å². The first kappa shape index (κ1) is 31.9. The van der Waals surface area contributed by atoms with Gasteiger partial charge in [0.05, 0.1) is 30.5 Å². The van der Waals surface area contributed by atoms with Crippen LogP contribution in [0.15, 0.2) is 79.3 Å². The quantitative estimate of drug-likeness (QED) is 0.138. The topological polar surface area (TPSA) is 79.4 Å². The van der Waals surface area contributed by atoms with Crippen LogP contribution in [0.4, 0.5) is 33.7 Å². The first-order valence-electron chi connectivity index (χ1n) is 15.2. The Morgan fingerprint density at radius 2 is 1.77 bits per heavy atom. The van der Waals surface area contributed by atoms with Crippen molar-refractivity contribution in [2.45, 2.75) is 25.4 Å². The predicted octanol–water partition coefficient (Wildman–Crippen LogP) is 7.84. The zero-order valence-electron chi connectivity index (χ0n) is 25.6. The van der Waals surface area contributed by atoms with Gasteiger partial charge in [0.25, 0.3) is 0 Å². The third-order valence-electron chi connectivity index (χ3n) is 7.98. The Bertz CT molecular complexity index is 1780. The molecule has 1 N–H and O–H groups in total. The van der Waals surface area contributed by atoms with E-state index in [0.29, 0.717) is 34.8 Å². The lowest BCUT2D eigenvalue weighted by Gasteiger charge is -2.23. The molecule has 2 amide bonds. The lowest BCUT2D eigenvalue weighted by molar-refractivity contribution is -0.137. The Labute approximate surface area is 268 Å². The molecule has 0 atom stereocenters. The Hall–Kier alpha value is -5.04. The van der Waals surface area contributed by atoms with Crippen molar-refractivity contribution in [1.29, 1.82) is 0 Å². The first-order chi connectivity index (χ1) is 22.7. The molecular formula is C34H33F4N5O4. The van der Waals surface area contributed by atoms with Gasteiger partial charge in [-0.2, -0.15) is 13.2 Å². The number of methoxy groups -OCH3 is 1. The molecule has 3 heterocycles. The number of likely N-dealkylation sites (tertiary alicyclic amines) is 1. The summed E-state index contributed by atoms with van der Waals surface area (Å²) in [5.74, 6) is 0.554. The number of halogens is 4. The van der Waals surface area contributed by atoms with Gasteiger partial charge < -0.3 is 29.3 Å². The van der Waals surface area contributed by atoms with Gasteiger partial charge in [0.15, 0.2) is 23.1 Å². The zero-order valence-corrected chi connectivity index (χ0v) is 25.6. The van der Waals surface area contributed by atoms with Crippen LogP contribution in [0.1, 0.15) is 24.8 Å². The highest BCUT2D eigenvalue weighted by Crippen LogP contribution is 2.39. The summed E-state index contributed by atoms with van der Waals surface area (Å²) in [6, 6.07) is 13.5. The van der Waals surface area contributed by atoms with E-state index in [1.54, 1.807) is 31.5 Å². The van der Waals surface area contributed by atoms with Crippen molar-refractivity contribution in [2.75, 3.05) is 50.2 Å². The van der Waals surface area contributed by atoms with Crippen LogP contribution in [0.2, 0.25) is 0 Å². The molecule has 1 fully saturated rings. The highest BCUT2D eigenvalue weighted by atomic mass is 19.4. The number of pyridine rings is 1. The Morgan fingerprint density at radius 3 is 2.53 bits per heavy atom. The summed E-state index contributed by atoms with van der Waals surface area (Å²) in [4.78, 5) is 22.2. The van der Waals surface area contributed by atoms with E-state index in [9.17, 15) is 18.0 Å². The molecule has 0 unspecified atom stereocenters. The van der Waals surface area contributed by atoms with Gasteiger partial charge in [0.2, 0.25) is 0 Å². The third-order valence-corrected chi connectivity index (χ3v) is 7.98. The number of urea groups is 1. The number of fused-ring (bicyclic) bond motifs is 1. The summed E-state index contributed by atoms with van der Waals surface area (Å²) in [7, 11) is 1.54. The number of anilines is 2. The van der Waals surface area contributed by atoms with Gasteiger partial charge in [-0.15, -0.1) is 0 Å². The number of nitrogens with one attached hydrogen (secondary N) is 1. The van der Waals surface area contributed by atoms with Crippen LogP contribution < -0.4 is 24.4 Å². The van der Waals surface area contributed by atoms with Gasteiger partial charge >= 0.3 is 12.2 Å². The number of hydrogen-bond donors (Lipinski definition) is 1. The molecule has 0 radical (unpaired) electrons. The average molecular weight is 652 g/mol. The normalized spacial score (nSPS) is 15.0. The maximum Gasteiger partial charge on any atom is 0.418 e. The summed E-state index contributed by atoms with van der Waals surface area (Å²) in [5.41, 5.74) is -0.193. The van der Waals surface area contributed by atoms with Crippen molar-refractivity contribution in [1.82, 2.24) is 14.8 Å². The van der Waals surface area contributed by atoms with Crippen LogP contribution in [0.3, 0.4) is 0 Å². The van der Waals surface area contributed by atoms with Crippen LogP contribution in [-0.2, 0) is 6.18 Å². The standard InChI is InChI=1S/C34H33F4N5O4/c1-45-31-20-24-27(21-32(31)46-18-6-15-41-13-4-5-14-41)39-12-11-29(24)47-30-10-9-23(19-26(30)35)40-33(44)43-17-16-42(22-43)28-8-3-2-7-25(28)34(36,37)38/h2-3,7-12,16-17,19-21H,4-6,13-15,18,22H2,1H3,(H,40,44). The fraction of sp³-hybridized carbons (Fsp3) is 0.294. The molecule has 6 rings (SSSR count). The molecule has 1 aromatic heterocycles. The van der Waals surface area contributed by atoms with Crippen molar-refractivity contribution in [3.8, 4) is 23.0 Å². The van der Waals surface area contributed by atoms with Gasteiger partial charge in [0, 0.05) is 48.3 Å². The van der Waals surface area contributed by atoms with Crippen LogP contribution >= 0.6 is 0 Å². The number of nitrogens with zero attached hydrogens (tertiary/aromatic N) is 4. The molecule has 13 heteroatoms. The van der Waals surface area contributed by atoms with Gasteiger partial charge in [-0.3, -0.25) is 9.88 Å². The van der Waals surface area contributed by atoms with Crippen LogP contribution in [0.25, 0.3) is 10.9 Å². The monoisotopic (exact) mass is 651 g/mol. The molecule has 0 saturated carbocycles. The fourth-order valence-electron chi connectivity index (χ4n) is 5.61. The number of rotatable bonds is 10. The summed E-state index contributed by atoms with van der Waals surface area (Å²) in [6.45, 7) is 3.61. The smallest absolute Gasteiger partial charge is 0.418 e. The second kappa shape index (κ2) is 13.8. The fourth-order valence-corrected chi connectivity index (χ4v) is 5.61. The molecule has 0 bridgehead atoms. The molecule has 2 aliphatic rings. The third kappa shape index (κ3) is 7.35. The zero-order chi connectivity index (χ0) is 33.0. The Kier molecular flexibility index (Phi) is 9.34. The Balaban J connectivity index is 1.10. The molecule has 3 aromatic carbocycles. The van der Waals surface area contributed by atoms with Gasteiger partial charge in [-0.05, 0) is 68.8 Å². The highest BCUT2D eigenvalue weighted by Gasteiger charge is 2.35. The van der Waals surface area contributed by atoms with E-state index >= 15 is 4.39 Å². The van der Waals surface area contributed by atoms with Crippen LogP contribution in [0.5, 0.6) is 23.0 Å². The number of alkyl halides is 3. The maximum atomic E-state index is 15.2. The molecular weight excluding hydrogens is 618 g/mol. The number of benzene rings is 3. The Morgan fingerprint density at radius 1 is 0.957 bits per heavy atom. The molecule has 47 heavy (non-hydrogen) atoms. The average Bonchev–Trinajstić information content (AvgIpc) is 3.77. The van der Waals surface area contributed by atoms with Crippen molar-refractivity contribution in [2.24, 2.45) is 0 Å². The number of aromatic nitrogens is 1. The van der Waals surface area contributed by atoms with Crippen LogP contribution in [0, 0.1) is 5.82 Å². The molecule has 0 spiro atoms. The minimum absolute atomic E-state index is 0.0861. The molecule has 246 valence electrons. The minimum Gasteiger partial charge on any atom is -0.493 e. The molecule has 1 saturated heterocycles. The lowest BCUT2D eigenvalue weighted by atomic mass is 10.1. The van der Waals surface area contributed by atoms with E-state index in [0.717, 1.165) is 38.2 Å². The first-order valence-corrected chi connectivity index (χ1v) is 15.2. The molecule has 2 aliphatic heterocycles. The van der Waals surface area contributed by atoms with Crippen LogP contribution in [-0.4, -0.2) is 60.8 Å². The number of carbonyl (C=O) groups excluding carboxylic acids is 1. The summed E-state index contributed by atoms with van der Waals surface area (Å²) in [5, 5.41) is 3.15. The van der Waals surface area contributed by atoms with Gasteiger partial charge in [0.1, 0.15) is 12.4 Å². The summed E-state index contributed by atoms with van der Waals surface area (Å²) in [6.07, 6.45) is 3.09. The largest absolute Gasteiger partial charge is 0.493 e. The number of amides is 2. The minimum atomic E-state index is -4.56. The van der Waals surface area contributed by atoms with Crippen molar-refractivity contribution >= 4 is 28.3 Å². The number of para-hydroxylation sites is 1. The summed E-state index contributed by atoms with van der Waals surface area (Å²) >= 11 is 0. The number of ether oxygens (including phenoxy) is 3. The number of hydrogen-bond acceptors (Lipinski definition) is 7. The van der Waals surface area contributed by atoms with Crippen molar-refractivity contribution in [3.05, 3.63) is 90.6 Å². The van der Waals surface area contributed by atoms with Crippen molar-refractivity contribution in [3.63, 3.8) is 0 Å². The molecule has 0 aliphatic carbocycles. The van der Waals surface area contributed by atoms with Gasteiger partial charge in [-0.25, -0.2) is 9.18 Å². The second-order valence-electron chi connectivity index (χ2n) is 11.2. The second-order valence-corrected chi connectivity index (χ2v) is 11.2. The van der Waals surface area contributed by atoms with E-state index in [1.165, 1.54) is 65.4 Å². The van der Waals surface area contributed by atoms with E-state index in [-0.39, 0.29) is 23.8 Å². The van der Waals surface area contributed by atoms with Crippen molar-refractivity contribution < 1.29 is 36.6 Å². The van der Waals surface area contributed by atoms with E-state index in [2.05, 4.69) is 15.2 Å². The molecule has 9 nitrogen and oxygen atoms in total. The maximum absolute atomic E-state index is 15.2. The predicted molar refractivity (Wildman–Crippen MR) is 169 cm³/mol. The SMILES string of the molecule is COc1cc2c(Oc3ccc(NC(=O)N4C=CN(c5ccccc5C(F)(F)F)C4)cc3F)ccnc2cc1OCCCN1CCCC1. The molecule has 4 aromatic rings. The van der Waals surface area contributed by atoms with Gasteiger partial charge in [-0.1, -0.05) is 12.1 Å². The summed E-state index contributed by atoms with van der Waals surface area (Å²) < 4.78 is 73.1. The van der Waals surface area contributed by atoms with E-state index in [1.807, 2.05) is 0 Å². The van der Waals surface area contributed by atoms with E-state index in [4.69, 9.17) is 14.2 Å². The lowest BCUT2D eigenvalue weighted by Crippen LogP contribution is -2.34. The number of carbonyl (C=O) groups is 1.